The molecule has 3 fully saturated rings. The second-order valence-corrected chi connectivity index (χ2v) is 10.1. The SMILES string of the molecule is CC(=O)O[C@]1(C(C)=O)CC[C@H]2[C@@H]3CC(C)C4=CC(=O)C=C[C@]4(C)[C@H]3CC[C@@]21C. The smallest absolute Gasteiger partial charge is 0.303 e. The average Bonchev–Trinajstić information content (AvgIpc) is 2.90. The summed E-state index contributed by atoms with van der Waals surface area (Å²) in [6.45, 7) is 9.71. The Morgan fingerprint density at radius 2 is 1.79 bits per heavy atom. The quantitative estimate of drug-likeness (QED) is 0.661. The van der Waals surface area contributed by atoms with Crippen molar-refractivity contribution in [2.45, 2.75) is 72.3 Å². The highest BCUT2D eigenvalue weighted by molar-refractivity contribution is 6.01. The highest BCUT2D eigenvalue weighted by Gasteiger charge is 2.68. The maximum atomic E-state index is 12.8. The number of carbonyl (C=O) groups excluding carboxylic acids is 3. The first-order chi connectivity index (χ1) is 13.0. The molecule has 0 bridgehead atoms. The Labute approximate surface area is 167 Å². The molecule has 3 saturated carbocycles. The van der Waals surface area contributed by atoms with Gasteiger partial charge < -0.3 is 4.74 Å². The molecule has 28 heavy (non-hydrogen) atoms. The summed E-state index contributed by atoms with van der Waals surface area (Å²) in [5, 5.41) is 0. The Balaban J connectivity index is 1.75. The summed E-state index contributed by atoms with van der Waals surface area (Å²) in [7, 11) is 0. The number of ether oxygens (including phenoxy) is 1. The van der Waals surface area contributed by atoms with Crippen molar-refractivity contribution in [3.8, 4) is 0 Å². The molecule has 7 atom stereocenters. The highest BCUT2D eigenvalue weighted by atomic mass is 16.6. The number of allylic oxidation sites excluding steroid dienone is 4. The highest BCUT2D eigenvalue weighted by Crippen LogP contribution is 2.68. The number of esters is 1. The second-order valence-electron chi connectivity index (χ2n) is 10.1. The lowest BCUT2D eigenvalue weighted by Crippen LogP contribution is -2.59. The van der Waals surface area contributed by atoms with Crippen molar-refractivity contribution in [1.29, 1.82) is 0 Å². The van der Waals surface area contributed by atoms with E-state index in [-0.39, 0.29) is 28.4 Å². The lowest BCUT2D eigenvalue weighted by atomic mass is 9.45. The fourth-order valence-electron chi connectivity index (χ4n) is 7.68. The van der Waals surface area contributed by atoms with Crippen molar-refractivity contribution in [1.82, 2.24) is 0 Å². The van der Waals surface area contributed by atoms with E-state index in [1.54, 1.807) is 13.0 Å². The molecule has 4 aliphatic carbocycles. The number of ketones is 2. The molecule has 0 aromatic rings. The topological polar surface area (TPSA) is 60.4 Å². The largest absolute Gasteiger partial charge is 0.451 e. The maximum Gasteiger partial charge on any atom is 0.303 e. The zero-order valence-electron chi connectivity index (χ0n) is 17.7. The first kappa shape index (κ1) is 19.6. The van der Waals surface area contributed by atoms with Crippen LogP contribution in [0.25, 0.3) is 0 Å². The van der Waals surface area contributed by atoms with Crippen LogP contribution in [0.1, 0.15) is 66.7 Å². The molecule has 0 amide bonds. The number of carbonyl (C=O) groups is 3. The third kappa shape index (κ3) is 2.39. The van der Waals surface area contributed by atoms with Crippen molar-refractivity contribution in [2.24, 2.45) is 34.5 Å². The molecule has 0 aromatic heterocycles. The lowest BCUT2D eigenvalue weighted by Gasteiger charge is -2.59. The summed E-state index contributed by atoms with van der Waals surface area (Å²) in [4.78, 5) is 36.7. The van der Waals surface area contributed by atoms with Crippen LogP contribution in [0, 0.1) is 34.5 Å². The van der Waals surface area contributed by atoms with E-state index in [0.29, 0.717) is 30.1 Å². The van der Waals surface area contributed by atoms with E-state index >= 15 is 0 Å². The van der Waals surface area contributed by atoms with Gasteiger partial charge in [0.1, 0.15) is 0 Å². The Morgan fingerprint density at radius 1 is 1.11 bits per heavy atom. The summed E-state index contributed by atoms with van der Waals surface area (Å²) < 4.78 is 5.83. The molecule has 0 N–H and O–H groups in total. The van der Waals surface area contributed by atoms with Gasteiger partial charge in [-0.3, -0.25) is 14.4 Å². The average molecular weight is 385 g/mol. The molecule has 1 unspecified atom stereocenters. The molecule has 0 heterocycles. The molecule has 0 aliphatic heterocycles. The first-order valence-corrected chi connectivity index (χ1v) is 10.7. The minimum Gasteiger partial charge on any atom is -0.451 e. The van der Waals surface area contributed by atoms with E-state index in [9.17, 15) is 14.4 Å². The van der Waals surface area contributed by atoms with Gasteiger partial charge in [-0.25, -0.2) is 0 Å². The molecule has 0 radical (unpaired) electrons. The van der Waals surface area contributed by atoms with Crippen LogP contribution < -0.4 is 0 Å². The Hall–Kier alpha value is -1.71. The summed E-state index contributed by atoms with van der Waals surface area (Å²) in [5.74, 6) is 1.39. The Bertz CT molecular complexity index is 807. The van der Waals surface area contributed by atoms with Gasteiger partial charge in [0.2, 0.25) is 0 Å². The zero-order valence-corrected chi connectivity index (χ0v) is 17.7. The van der Waals surface area contributed by atoms with Gasteiger partial charge in [-0.15, -0.1) is 0 Å². The van der Waals surface area contributed by atoms with E-state index in [4.69, 9.17) is 4.74 Å². The normalized spacial score (nSPS) is 46.9. The van der Waals surface area contributed by atoms with Crippen LogP contribution in [0.5, 0.6) is 0 Å². The molecule has 4 aliphatic rings. The van der Waals surface area contributed by atoms with E-state index in [0.717, 1.165) is 25.7 Å². The third-order valence-corrected chi connectivity index (χ3v) is 8.88. The lowest BCUT2D eigenvalue weighted by molar-refractivity contribution is -0.186. The predicted octanol–water partition coefficient (Wildman–Crippen LogP) is 4.43. The molecule has 4 rings (SSSR count). The first-order valence-electron chi connectivity index (χ1n) is 10.7. The van der Waals surface area contributed by atoms with Crippen LogP contribution in [0.3, 0.4) is 0 Å². The van der Waals surface area contributed by atoms with Crippen LogP contribution in [0.15, 0.2) is 23.8 Å². The van der Waals surface area contributed by atoms with Crippen LogP contribution in [0.2, 0.25) is 0 Å². The number of hydrogen-bond donors (Lipinski definition) is 0. The molecular formula is C24H32O4. The molecular weight excluding hydrogens is 352 g/mol. The minimum atomic E-state index is -0.979. The van der Waals surface area contributed by atoms with Crippen molar-refractivity contribution >= 4 is 17.5 Å². The molecule has 0 spiro atoms. The molecule has 152 valence electrons. The monoisotopic (exact) mass is 384 g/mol. The van der Waals surface area contributed by atoms with Crippen molar-refractivity contribution in [2.75, 3.05) is 0 Å². The Kier molecular flexibility index (Phi) is 4.30. The molecule has 0 saturated heterocycles. The van der Waals surface area contributed by atoms with Crippen LogP contribution >= 0.6 is 0 Å². The van der Waals surface area contributed by atoms with Crippen molar-refractivity contribution in [3.05, 3.63) is 23.8 Å². The fourth-order valence-corrected chi connectivity index (χ4v) is 7.68. The Morgan fingerprint density at radius 3 is 2.43 bits per heavy atom. The van der Waals surface area contributed by atoms with Gasteiger partial charge in [0.15, 0.2) is 17.2 Å². The van der Waals surface area contributed by atoms with Crippen LogP contribution in [0.4, 0.5) is 0 Å². The fraction of sp³-hybridized carbons (Fsp3) is 0.708. The van der Waals surface area contributed by atoms with Crippen molar-refractivity contribution in [3.63, 3.8) is 0 Å². The maximum absolute atomic E-state index is 12.8. The van der Waals surface area contributed by atoms with Gasteiger partial charge in [-0.1, -0.05) is 32.4 Å². The van der Waals surface area contributed by atoms with E-state index in [2.05, 4.69) is 26.8 Å². The van der Waals surface area contributed by atoms with Gasteiger partial charge in [-0.05, 0) is 74.9 Å². The second kappa shape index (κ2) is 6.14. The summed E-state index contributed by atoms with van der Waals surface area (Å²) in [6, 6.07) is 0. The minimum absolute atomic E-state index is 0.00929. The van der Waals surface area contributed by atoms with Gasteiger partial charge in [0.05, 0.1) is 0 Å². The number of hydrogen-bond acceptors (Lipinski definition) is 4. The molecule has 4 heteroatoms. The number of rotatable bonds is 2. The number of fused-ring (bicyclic) bond motifs is 5. The number of Topliss-reactive ketones (excluding diaryl/α,β-unsaturated/α-hetero) is 1. The zero-order chi connectivity index (χ0) is 20.5. The van der Waals surface area contributed by atoms with E-state index in [1.807, 2.05) is 6.08 Å². The summed E-state index contributed by atoms with van der Waals surface area (Å²) in [6.07, 6.45) is 10.2. The summed E-state index contributed by atoms with van der Waals surface area (Å²) >= 11 is 0. The molecule has 0 aromatic carbocycles. The third-order valence-electron chi connectivity index (χ3n) is 8.88. The van der Waals surface area contributed by atoms with Gasteiger partial charge in [-0.2, -0.15) is 0 Å². The van der Waals surface area contributed by atoms with E-state index in [1.165, 1.54) is 12.5 Å². The van der Waals surface area contributed by atoms with Crippen LogP contribution in [-0.2, 0) is 19.1 Å². The van der Waals surface area contributed by atoms with Gasteiger partial charge in [0, 0.05) is 17.8 Å². The standard InChI is InChI=1S/C24H32O4/c1-14-12-18-19(22(4)9-6-17(27)13-21(14)22)7-10-23(5)20(18)8-11-24(23,15(2)25)28-16(3)26/h6,9,13-14,18-20H,7-8,10-12H2,1-5H3/t14?,18-,19+,20+,22-,23+,24+/m1/s1. The molecule has 4 nitrogen and oxygen atoms in total. The van der Waals surface area contributed by atoms with Crippen LogP contribution in [-0.4, -0.2) is 23.1 Å². The predicted molar refractivity (Wildman–Crippen MR) is 106 cm³/mol. The van der Waals surface area contributed by atoms with Gasteiger partial charge >= 0.3 is 5.97 Å². The van der Waals surface area contributed by atoms with Crippen molar-refractivity contribution < 1.29 is 19.1 Å². The summed E-state index contributed by atoms with van der Waals surface area (Å²) in [5.41, 5.74) is -0.0919. The van der Waals surface area contributed by atoms with Gasteiger partial charge in [0.25, 0.3) is 0 Å². The van der Waals surface area contributed by atoms with E-state index < -0.39 is 5.60 Å².